The predicted octanol–water partition coefficient (Wildman–Crippen LogP) is 0.873. The van der Waals surface area contributed by atoms with Gasteiger partial charge in [0.1, 0.15) is 0 Å². The van der Waals surface area contributed by atoms with Crippen molar-refractivity contribution in [3.63, 3.8) is 0 Å². The van der Waals surface area contributed by atoms with Crippen molar-refractivity contribution < 1.29 is 14.4 Å². The fourth-order valence-electron chi connectivity index (χ4n) is 3.86. The van der Waals surface area contributed by atoms with Crippen LogP contribution in [0.2, 0.25) is 0 Å². The van der Waals surface area contributed by atoms with E-state index in [9.17, 15) is 9.59 Å². The van der Waals surface area contributed by atoms with E-state index in [-0.39, 0.29) is 17.7 Å². The Morgan fingerprint density at radius 3 is 2.86 bits per heavy atom. The van der Waals surface area contributed by atoms with E-state index in [1.54, 1.807) is 0 Å². The van der Waals surface area contributed by atoms with Crippen LogP contribution in [0.3, 0.4) is 0 Å². The second-order valence-corrected chi connectivity index (χ2v) is 6.61. The summed E-state index contributed by atoms with van der Waals surface area (Å²) in [4.78, 5) is 34.5. The second-order valence-electron chi connectivity index (χ2n) is 6.61. The van der Waals surface area contributed by atoms with Crippen molar-refractivity contribution in [2.45, 2.75) is 45.1 Å². The van der Waals surface area contributed by atoms with Gasteiger partial charge in [-0.05, 0) is 38.8 Å². The van der Waals surface area contributed by atoms with Gasteiger partial charge in [0.05, 0.1) is 12.5 Å². The summed E-state index contributed by atoms with van der Waals surface area (Å²) >= 11 is 0. The van der Waals surface area contributed by atoms with Crippen molar-refractivity contribution in [1.29, 1.82) is 0 Å². The highest BCUT2D eigenvalue weighted by molar-refractivity contribution is 5.88. The van der Waals surface area contributed by atoms with Crippen molar-refractivity contribution in [3.8, 4) is 0 Å². The van der Waals surface area contributed by atoms with Crippen LogP contribution in [0.5, 0.6) is 0 Å². The molecule has 124 valence electrons. The molecule has 0 aromatic carbocycles. The standard InChI is InChI=1S/C16H27N3O3/c1-2-17-7-5-6-14(17)12-18-11-13(10-15(18)20)16(21)19-8-3-4-9-22-19/h13-14H,2-12H2,1H3/t13-,14+/m1/s1. The zero-order valence-corrected chi connectivity index (χ0v) is 13.5. The van der Waals surface area contributed by atoms with E-state index in [0.29, 0.717) is 32.2 Å². The Kier molecular flexibility index (Phi) is 4.98. The summed E-state index contributed by atoms with van der Waals surface area (Å²) in [5.41, 5.74) is 0. The minimum Gasteiger partial charge on any atom is -0.340 e. The first kappa shape index (κ1) is 15.7. The molecule has 0 aliphatic carbocycles. The molecule has 0 saturated carbocycles. The third-order valence-corrected chi connectivity index (χ3v) is 5.15. The molecule has 22 heavy (non-hydrogen) atoms. The first-order valence-corrected chi connectivity index (χ1v) is 8.65. The Bertz CT molecular complexity index is 423. The molecule has 0 aromatic rings. The van der Waals surface area contributed by atoms with Gasteiger partial charge in [0.2, 0.25) is 5.91 Å². The van der Waals surface area contributed by atoms with E-state index in [1.165, 1.54) is 11.5 Å². The van der Waals surface area contributed by atoms with E-state index in [0.717, 1.165) is 38.9 Å². The van der Waals surface area contributed by atoms with Crippen molar-refractivity contribution >= 4 is 11.8 Å². The largest absolute Gasteiger partial charge is 0.340 e. The van der Waals surface area contributed by atoms with Crippen LogP contribution in [0.1, 0.15) is 39.0 Å². The number of hydrogen-bond acceptors (Lipinski definition) is 4. The number of rotatable bonds is 4. The predicted molar refractivity (Wildman–Crippen MR) is 81.9 cm³/mol. The van der Waals surface area contributed by atoms with Gasteiger partial charge in [0, 0.05) is 32.1 Å². The zero-order valence-electron chi connectivity index (χ0n) is 13.5. The summed E-state index contributed by atoms with van der Waals surface area (Å²) in [5.74, 6) is -0.102. The molecule has 0 radical (unpaired) electrons. The third kappa shape index (κ3) is 3.27. The Morgan fingerprint density at radius 1 is 1.27 bits per heavy atom. The van der Waals surface area contributed by atoms with E-state index >= 15 is 0 Å². The molecule has 3 saturated heterocycles. The Balaban J connectivity index is 1.55. The van der Waals surface area contributed by atoms with Gasteiger partial charge < -0.3 is 4.90 Å². The average molecular weight is 309 g/mol. The van der Waals surface area contributed by atoms with E-state index in [2.05, 4.69) is 11.8 Å². The molecule has 0 aromatic heterocycles. The van der Waals surface area contributed by atoms with Crippen LogP contribution in [0.4, 0.5) is 0 Å². The zero-order chi connectivity index (χ0) is 15.5. The van der Waals surface area contributed by atoms with Crippen molar-refractivity contribution in [1.82, 2.24) is 14.9 Å². The summed E-state index contributed by atoms with van der Waals surface area (Å²) < 4.78 is 0. The fraction of sp³-hybridized carbons (Fsp3) is 0.875. The van der Waals surface area contributed by atoms with Crippen molar-refractivity contribution in [3.05, 3.63) is 0 Å². The third-order valence-electron chi connectivity index (χ3n) is 5.15. The van der Waals surface area contributed by atoms with Crippen LogP contribution in [0.25, 0.3) is 0 Å². The molecular formula is C16H27N3O3. The normalized spacial score (nSPS) is 30.3. The first-order valence-electron chi connectivity index (χ1n) is 8.65. The van der Waals surface area contributed by atoms with E-state index in [1.807, 2.05) is 4.90 Å². The van der Waals surface area contributed by atoms with Gasteiger partial charge >= 0.3 is 0 Å². The van der Waals surface area contributed by atoms with Gasteiger partial charge in [-0.2, -0.15) is 0 Å². The Hall–Kier alpha value is -1.14. The number of amides is 2. The van der Waals surface area contributed by atoms with Crippen LogP contribution in [-0.4, -0.2) is 72.0 Å². The number of carbonyl (C=O) groups is 2. The van der Waals surface area contributed by atoms with Gasteiger partial charge in [-0.15, -0.1) is 0 Å². The molecule has 3 heterocycles. The lowest BCUT2D eigenvalue weighted by Crippen LogP contribution is -2.43. The molecular weight excluding hydrogens is 282 g/mol. The molecule has 0 bridgehead atoms. The second kappa shape index (κ2) is 6.96. The van der Waals surface area contributed by atoms with Crippen LogP contribution < -0.4 is 0 Å². The van der Waals surface area contributed by atoms with E-state index in [4.69, 9.17) is 4.84 Å². The summed E-state index contributed by atoms with van der Waals surface area (Å²) in [7, 11) is 0. The molecule has 0 spiro atoms. The molecule has 6 nitrogen and oxygen atoms in total. The van der Waals surface area contributed by atoms with Crippen LogP contribution >= 0.6 is 0 Å². The SMILES string of the molecule is CCN1CCC[C@H]1CN1C[C@H](C(=O)N2CCCCO2)CC1=O. The smallest absolute Gasteiger partial charge is 0.251 e. The molecule has 2 atom stereocenters. The number of likely N-dealkylation sites (tertiary alicyclic amines) is 2. The topological polar surface area (TPSA) is 53.1 Å². The lowest BCUT2D eigenvalue weighted by molar-refractivity contribution is -0.200. The maximum absolute atomic E-state index is 12.5. The number of nitrogens with zero attached hydrogens (tertiary/aromatic N) is 3. The quantitative estimate of drug-likeness (QED) is 0.773. The minimum atomic E-state index is -0.220. The van der Waals surface area contributed by atoms with Gasteiger partial charge in [0.15, 0.2) is 0 Å². The van der Waals surface area contributed by atoms with Crippen molar-refractivity contribution in [2.24, 2.45) is 5.92 Å². The maximum Gasteiger partial charge on any atom is 0.251 e. The van der Waals surface area contributed by atoms with Crippen LogP contribution in [-0.2, 0) is 14.4 Å². The average Bonchev–Trinajstić information content (AvgIpc) is 3.15. The van der Waals surface area contributed by atoms with Crippen LogP contribution in [0, 0.1) is 5.92 Å². The number of carbonyl (C=O) groups excluding carboxylic acids is 2. The molecule has 0 unspecified atom stereocenters. The lowest BCUT2D eigenvalue weighted by atomic mass is 10.1. The molecule has 3 fully saturated rings. The number of hydroxylamine groups is 2. The Labute approximate surface area is 132 Å². The van der Waals surface area contributed by atoms with Gasteiger partial charge in [-0.3, -0.25) is 19.3 Å². The first-order chi connectivity index (χ1) is 10.7. The lowest BCUT2D eigenvalue weighted by Gasteiger charge is -2.29. The summed E-state index contributed by atoms with van der Waals surface area (Å²) in [6.07, 6.45) is 4.71. The van der Waals surface area contributed by atoms with Crippen LogP contribution in [0.15, 0.2) is 0 Å². The number of likely N-dealkylation sites (N-methyl/N-ethyl adjacent to an activating group) is 1. The molecule has 3 aliphatic heterocycles. The highest BCUT2D eigenvalue weighted by Crippen LogP contribution is 2.25. The molecule has 3 aliphatic rings. The van der Waals surface area contributed by atoms with E-state index < -0.39 is 0 Å². The molecule has 3 rings (SSSR count). The van der Waals surface area contributed by atoms with Gasteiger partial charge in [-0.25, -0.2) is 5.06 Å². The van der Waals surface area contributed by atoms with Crippen molar-refractivity contribution in [2.75, 3.05) is 39.3 Å². The highest BCUT2D eigenvalue weighted by atomic mass is 16.7. The van der Waals surface area contributed by atoms with Gasteiger partial charge in [-0.1, -0.05) is 6.92 Å². The van der Waals surface area contributed by atoms with Gasteiger partial charge in [0.25, 0.3) is 5.91 Å². The summed E-state index contributed by atoms with van der Waals surface area (Å²) in [6, 6.07) is 0.467. The summed E-state index contributed by atoms with van der Waals surface area (Å²) in [6.45, 7) is 6.95. The minimum absolute atomic E-state index is 0.00526. The molecule has 2 amide bonds. The number of hydrogen-bond donors (Lipinski definition) is 0. The fourth-order valence-corrected chi connectivity index (χ4v) is 3.86. The highest BCUT2D eigenvalue weighted by Gasteiger charge is 2.39. The molecule has 6 heteroatoms. The Morgan fingerprint density at radius 2 is 2.14 bits per heavy atom. The maximum atomic E-state index is 12.5. The monoisotopic (exact) mass is 309 g/mol. The summed E-state index contributed by atoms with van der Waals surface area (Å²) in [5, 5.41) is 1.48. The molecule has 0 N–H and O–H groups in total.